The summed E-state index contributed by atoms with van der Waals surface area (Å²) in [6, 6.07) is 4.94. The topological polar surface area (TPSA) is 102 Å². The van der Waals surface area contributed by atoms with Crippen molar-refractivity contribution >= 4 is 33.0 Å². The third-order valence-electron chi connectivity index (χ3n) is 2.42. The van der Waals surface area contributed by atoms with Gasteiger partial charge in [0.05, 0.1) is 10.6 Å². The molecule has 21 heavy (non-hydrogen) atoms. The highest BCUT2D eigenvalue weighted by Gasteiger charge is 2.19. The van der Waals surface area contributed by atoms with Crippen LogP contribution in [-0.2, 0) is 10.0 Å². The van der Waals surface area contributed by atoms with Gasteiger partial charge in [-0.1, -0.05) is 11.6 Å². The molecular formula is C11H7ClFN3O4S. The Morgan fingerprint density at radius 2 is 2.00 bits per heavy atom. The van der Waals surface area contributed by atoms with Crippen LogP contribution in [0.15, 0.2) is 41.4 Å². The van der Waals surface area contributed by atoms with E-state index in [0.29, 0.717) is 0 Å². The highest BCUT2D eigenvalue weighted by Crippen LogP contribution is 2.24. The SMILES string of the molecule is O=[N+]([O-])c1ccc(F)c(NS(=O)(=O)c2ccc(Cl)nc2)c1. The number of nitrogens with zero attached hydrogens (tertiary/aromatic N) is 2. The molecule has 0 amide bonds. The van der Waals surface area contributed by atoms with Crippen molar-refractivity contribution in [3.8, 4) is 0 Å². The average molecular weight is 332 g/mol. The number of nitrogens with one attached hydrogen (secondary N) is 1. The molecule has 10 heteroatoms. The second-order valence-corrected chi connectivity index (χ2v) is 5.91. The Morgan fingerprint density at radius 3 is 2.57 bits per heavy atom. The van der Waals surface area contributed by atoms with E-state index < -0.39 is 32.1 Å². The summed E-state index contributed by atoms with van der Waals surface area (Å²) in [5, 5.41) is 10.7. The van der Waals surface area contributed by atoms with E-state index in [-0.39, 0.29) is 10.0 Å². The Morgan fingerprint density at radius 1 is 1.29 bits per heavy atom. The van der Waals surface area contributed by atoms with Gasteiger partial charge in [-0.05, 0) is 18.2 Å². The number of sulfonamides is 1. The van der Waals surface area contributed by atoms with Crippen LogP contribution in [0, 0.1) is 15.9 Å². The minimum Gasteiger partial charge on any atom is -0.276 e. The molecule has 0 aliphatic rings. The van der Waals surface area contributed by atoms with Crippen LogP contribution in [0.3, 0.4) is 0 Å². The van der Waals surface area contributed by atoms with E-state index >= 15 is 0 Å². The zero-order valence-electron chi connectivity index (χ0n) is 10.2. The first-order valence-electron chi connectivity index (χ1n) is 5.38. The fraction of sp³-hybridized carbons (Fsp3) is 0. The van der Waals surface area contributed by atoms with Gasteiger partial charge < -0.3 is 0 Å². The van der Waals surface area contributed by atoms with Crippen molar-refractivity contribution in [2.45, 2.75) is 4.90 Å². The van der Waals surface area contributed by atoms with E-state index in [1.54, 1.807) is 0 Å². The second-order valence-electron chi connectivity index (χ2n) is 3.84. The third-order valence-corrected chi connectivity index (χ3v) is 3.99. The Hall–Kier alpha value is -2.26. The first-order chi connectivity index (χ1) is 9.79. The Labute approximate surface area is 123 Å². The molecule has 0 fully saturated rings. The lowest BCUT2D eigenvalue weighted by Crippen LogP contribution is -2.14. The van der Waals surface area contributed by atoms with Gasteiger partial charge in [0, 0.05) is 18.3 Å². The summed E-state index contributed by atoms with van der Waals surface area (Å²) in [7, 11) is -4.13. The van der Waals surface area contributed by atoms with E-state index in [0.717, 1.165) is 24.4 Å². The summed E-state index contributed by atoms with van der Waals surface area (Å²) in [6.07, 6.45) is 0.986. The van der Waals surface area contributed by atoms with Crippen molar-refractivity contribution < 1.29 is 17.7 Å². The standard InChI is InChI=1S/C11H7ClFN3O4S/c12-11-4-2-8(6-14-11)21(19,20)15-10-5-7(16(17)18)1-3-9(10)13/h1-6,15H. The van der Waals surface area contributed by atoms with E-state index in [4.69, 9.17) is 11.6 Å². The van der Waals surface area contributed by atoms with Crippen molar-refractivity contribution in [2.24, 2.45) is 0 Å². The van der Waals surface area contributed by atoms with E-state index in [9.17, 15) is 22.9 Å². The molecule has 0 atom stereocenters. The first-order valence-corrected chi connectivity index (χ1v) is 7.24. The van der Waals surface area contributed by atoms with Crippen molar-refractivity contribution in [1.29, 1.82) is 0 Å². The number of nitro groups is 1. The van der Waals surface area contributed by atoms with Crippen LogP contribution in [0.4, 0.5) is 15.8 Å². The van der Waals surface area contributed by atoms with E-state index in [1.165, 1.54) is 12.1 Å². The summed E-state index contributed by atoms with van der Waals surface area (Å²) in [4.78, 5) is 13.2. The lowest BCUT2D eigenvalue weighted by atomic mass is 10.3. The molecule has 110 valence electrons. The maximum atomic E-state index is 13.6. The summed E-state index contributed by atoms with van der Waals surface area (Å²) >= 11 is 5.54. The van der Waals surface area contributed by atoms with Crippen LogP contribution in [0.1, 0.15) is 0 Å². The molecule has 0 spiro atoms. The molecule has 0 saturated heterocycles. The molecule has 2 aromatic rings. The quantitative estimate of drug-likeness (QED) is 0.527. The molecule has 0 unspecified atom stereocenters. The molecule has 0 aliphatic carbocycles. The molecule has 1 aromatic heterocycles. The molecule has 0 saturated carbocycles. The lowest BCUT2D eigenvalue weighted by molar-refractivity contribution is -0.384. The summed E-state index contributed by atoms with van der Waals surface area (Å²) in [6.45, 7) is 0. The fourth-order valence-electron chi connectivity index (χ4n) is 1.43. The highest BCUT2D eigenvalue weighted by molar-refractivity contribution is 7.92. The summed E-state index contributed by atoms with van der Waals surface area (Å²) < 4.78 is 39.5. The zero-order chi connectivity index (χ0) is 15.6. The largest absolute Gasteiger partial charge is 0.276 e. The number of non-ortho nitro benzene ring substituents is 1. The van der Waals surface area contributed by atoms with Gasteiger partial charge in [-0.25, -0.2) is 17.8 Å². The number of halogens is 2. The van der Waals surface area contributed by atoms with Gasteiger partial charge in [0.2, 0.25) is 0 Å². The van der Waals surface area contributed by atoms with Crippen molar-refractivity contribution in [3.05, 3.63) is 57.6 Å². The zero-order valence-corrected chi connectivity index (χ0v) is 11.7. The van der Waals surface area contributed by atoms with Gasteiger partial charge in [0.25, 0.3) is 15.7 Å². The molecule has 0 aliphatic heterocycles. The van der Waals surface area contributed by atoms with Gasteiger partial charge in [-0.15, -0.1) is 0 Å². The van der Waals surface area contributed by atoms with E-state index in [1.807, 2.05) is 4.72 Å². The van der Waals surface area contributed by atoms with Crippen LogP contribution in [-0.4, -0.2) is 18.3 Å². The number of rotatable bonds is 4. The molecule has 0 radical (unpaired) electrons. The summed E-state index contributed by atoms with van der Waals surface area (Å²) in [5.41, 5.74) is -0.970. The number of benzene rings is 1. The Kier molecular flexibility index (Phi) is 4.05. The number of pyridine rings is 1. The van der Waals surface area contributed by atoms with Crippen LogP contribution < -0.4 is 4.72 Å². The van der Waals surface area contributed by atoms with Crippen molar-refractivity contribution in [3.63, 3.8) is 0 Å². The molecule has 1 aromatic carbocycles. The predicted molar refractivity (Wildman–Crippen MR) is 73.1 cm³/mol. The molecule has 1 N–H and O–H groups in total. The third kappa shape index (κ3) is 3.44. The molecule has 0 bridgehead atoms. The fourth-order valence-corrected chi connectivity index (χ4v) is 2.54. The molecular weight excluding hydrogens is 325 g/mol. The van der Waals surface area contributed by atoms with Crippen LogP contribution >= 0.6 is 11.6 Å². The lowest BCUT2D eigenvalue weighted by Gasteiger charge is -2.08. The number of nitro benzene ring substituents is 1. The normalized spacial score (nSPS) is 11.1. The minimum atomic E-state index is -4.13. The van der Waals surface area contributed by atoms with Crippen LogP contribution in [0.25, 0.3) is 0 Å². The van der Waals surface area contributed by atoms with Crippen molar-refractivity contribution in [2.75, 3.05) is 4.72 Å². The smallest absolute Gasteiger partial charge is 0.271 e. The van der Waals surface area contributed by atoms with Crippen LogP contribution in [0.5, 0.6) is 0 Å². The molecule has 2 rings (SSSR count). The van der Waals surface area contributed by atoms with E-state index in [2.05, 4.69) is 4.98 Å². The van der Waals surface area contributed by atoms with Gasteiger partial charge >= 0.3 is 0 Å². The Balaban J connectivity index is 2.38. The van der Waals surface area contributed by atoms with Gasteiger partial charge in [-0.3, -0.25) is 14.8 Å². The minimum absolute atomic E-state index is 0.0930. The average Bonchev–Trinajstić information content (AvgIpc) is 2.41. The second kappa shape index (κ2) is 5.62. The maximum Gasteiger partial charge on any atom is 0.271 e. The molecule has 7 nitrogen and oxygen atoms in total. The number of aromatic nitrogens is 1. The maximum absolute atomic E-state index is 13.6. The number of anilines is 1. The van der Waals surface area contributed by atoms with Crippen LogP contribution in [0.2, 0.25) is 5.15 Å². The van der Waals surface area contributed by atoms with Gasteiger partial charge in [0.15, 0.2) is 0 Å². The molecule has 1 heterocycles. The first kappa shape index (κ1) is 15.1. The highest BCUT2D eigenvalue weighted by atomic mass is 35.5. The number of hydrogen-bond donors (Lipinski definition) is 1. The summed E-state index contributed by atoms with van der Waals surface area (Å²) in [5.74, 6) is -0.939. The predicted octanol–water partition coefficient (Wildman–Crippen LogP) is 2.58. The Bertz CT molecular complexity index is 796. The van der Waals surface area contributed by atoms with Crippen molar-refractivity contribution in [1.82, 2.24) is 4.98 Å². The van der Waals surface area contributed by atoms with Gasteiger partial charge in [-0.2, -0.15) is 0 Å². The number of hydrogen-bond acceptors (Lipinski definition) is 5. The monoisotopic (exact) mass is 331 g/mol. The van der Waals surface area contributed by atoms with Gasteiger partial charge in [0.1, 0.15) is 15.9 Å².